The number of nitrogens with one attached hydrogen (secondary N) is 1. The Kier molecular flexibility index (Phi) is 11.0. The summed E-state index contributed by atoms with van der Waals surface area (Å²) >= 11 is 6.07. The fourth-order valence-corrected chi connectivity index (χ4v) is 5.75. The second-order valence-electron chi connectivity index (χ2n) is 9.42. The van der Waals surface area contributed by atoms with Crippen LogP contribution < -0.4 is 14.4 Å². The summed E-state index contributed by atoms with van der Waals surface area (Å²) < 4.78 is 34.0. The molecule has 8 nitrogen and oxygen atoms in total. The Labute approximate surface area is 241 Å². The molecule has 214 valence electrons. The van der Waals surface area contributed by atoms with Gasteiger partial charge in [-0.1, -0.05) is 55.8 Å². The van der Waals surface area contributed by atoms with Gasteiger partial charge in [-0.25, -0.2) is 8.42 Å². The molecule has 10 heteroatoms. The molecule has 0 bridgehead atoms. The van der Waals surface area contributed by atoms with Gasteiger partial charge in [0.05, 0.1) is 17.7 Å². The van der Waals surface area contributed by atoms with E-state index in [9.17, 15) is 18.0 Å². The van der Waals surface area contributed by atoms with Crippen molar-refractivity contribution in [1.29, 1.82) is 0 Å². The molecule has 0 radical (unpaired) electrons. The molecule has 0 spiro atoms. The van der Waals surface area contributed by atoms with Crippen molar-refractivity contribution < 1.29 is 22.7 Å². The highest BCUT2D eigenvalue weighted by molar-refractivity contribution is 7.92. The van der Waals surface area contributed by atoms with Crippen molar-refractivity contribution >= 4 is 39.1 Å². The molecule has 0 saturated heterocycles. The molecule has 2 atom stereocenters. The van der Waals surface area contributed by atoms with E-state index in [0.29, 0.717) is 17.2 Å². The lowest BCUT2D eigenvalue weighted by molar-refractivity contribution is -0.140. The monoisotopic (exact) mass is 585 g/mol. The molecule has 0 saturated carbocycles. The lowest BCUT2D eigenvalue weighted by atomic mass is 10.1. The molecular formula is C30H36ClN3O5S. The smallest absolute Gasteiger partial charge is 0.264 e. The number of rotatable bonds is 13. The van der Waals surface area contributed by atoms with E-state index in [1.807, 2.05) is 26.8 Å². The largest absolute Gasteiger partial charge is 0.497 e. The molecule has 0 fully saturated rings. The van der Waals surface area contributed by atoms with Gasteiger partial charge in [0, 0.05) is 17.6 Å². The van der Waals surface area contributed by atoms with E-state index in [2.05, 4.69) is 5.32 Å². The van der Waals surface area contributed by atoms with Gasteiger partial charge in [-0.3, -0.25) is 13.9 Å². The van der Waals surface area contributed by atoms with Gasteiger partial charge in [0.2, 0.25) is 11.8 Å². The number of hydrogen-bond donors (Lipinski definition) is 1. The first-order valence-corrected chi connectivity index (χ1v) is 15.0. The number of halogens is 1. The number of amides is 2. The third kappa shape index (κ3) is 7.76. The van der Waals surface area contributed by atoms with Crippen LogP contribution in [0.4, 0.5) is 5.69 Å². The SMILES string of the molecule is CC[C@H](C)NC(=O)[C@H](CC)N(Cc1cccc(OC)c1)C(=O)CN(c1ccc(Cl)cc1)S(=O)(=O)c1ccccc1. The van der Waals surface area contributed by atoms with Crippen molar-refractivity contribution in [1.82, 2.24) is 10.2 Å². The van der Waals surface area contributed by atoms with Crippen LogP contribution in [0.2, 0.25) is 5.02 Å². The van der Waals surface area contributed by atoms with E-state index in [1.165, 1.54) is 17.0 Å². The van der Waals surface area contributed by atoms with Crippen LogP contribution >= 0.6 is 11.6 Å². The fourth-order valence-electron chi connectivity index (χ4n) is 4.18. The summed E-state index contributed by atoms with van der Waals surface area (Å²) in [5, 5.41) is 3.40. The van der Waals surface area contributed by atoms with Crippen LogP contribution in [-0.2, 0) is 26.2 Å². The number of hydrogen-bond acceptors (Lipinski definition) is 5. The minimum absolute atomic E-state index is 0.0404. The van der Waals surface area contributed by atoms with Gasteiger partial charge in [-0.2, -0.15) is 0 Å². The van der Waals surface area contributed by atoms with E-state index in [4.69, 9.17) is 16.3 Å². The first-order valence-electron chi connectivity index (χ1n) is 13.2. The molecule has 0 unspecified atom stereocenters. The van der Waals surface area contributed by atoms with Crippen molar-refractivity contribution in [3.05, 3.63) is 89.4 Å². The Morgan fingerprint density at radius 1 is 0.950 bits per heavy atom. The zero-order chi connectivity index (χ0) is 29.3. The predicted octanol–water partition coefficient (Wildman–Crippen LogP) is 5.27. The minimum Gasteiger partial charge on any atom is -0.497 e. The molecule has 40 heavy (non-hydrogen) atoms. The van der Waals surface area contributed by atoms with E-state index in [-0.39, 0.29) is 29.1 Å². The quantitative estimate of drug-likeness (QED) is 0.295. The maximum atomic E-state index is 14.1. The Morgan fingerprint density at radius 2 is 1.62 bits per heavy atom. The van der Waals surface area contributed by atoms with Crippen LogP contribution in [0.1, 0.15) is 39.2 Å². The van der Waals surface area contributed by atoms with Crippen LogP contribution in [0.15, 0.2) is 83.8 Å². The van der Waals surface area contributed by atoms with Gasteiger partial charge in [0.25, 0.3) is 10.0 Å². The summed E-state index contributed by atoms with van der Waals surface area (Å²) in [4.78, 5) is 28.9. The Bertz CT molecular complexity index is 1380. The molecule has 0 aromatic heterocycles. The normalized spacial score (nSPS) is 12.7. The van der Waals surface area contributed by atoms with Gasteiger partial charge in [0.1, 0.15) is 18.3 Å². The molecule has 3 aromatic carbocycles. The summed E-state index contributed by atoms with van der Waals surface area (Å²) in [5.41, 5.74) is 1.02. The standard InChI is InChI=1S/C30H36ClN3O5S/c1-5-22(3)32-30(36)28(6-2)33(20-23-11-10-12-26(19-23)39-4)29(35)21-34(25-17-15-24(31)16-18-25)40(37,38)27-13-8-7-9-14-27/h7-19,22,28H,5-6,20-21H2,1-4H3,(H,32,36)/t22-,28-/m0/s1. The summed E-state index contributed by atoms with van der Waals surface area (Å²) in [7, 11) is -2.58. The van der Waals surface area contributed by atoms with E-state index < -0.39 is 28.5 Å². The van der Waals surface area contributed by atoms with Gasteiger partial charge in [-0.15, -0.1) is 0 Å². The molecule has 0 aliphatic rings. The van der Waals surface area contributed by atoms with Gasteiger partial charge < -0.3 is 15.0 Å². The van der Waals surface area contributed by atoms with Crippen LogP contribution in [0.25, 0.3) is 0 Å². The first kappa shape index (κ1) is 31.0. The summed E-state index contributed by atoms with van der Waals surface area (Å²) in [5.74, 6) is -0.211. The predicted molar refractivity (Wildman–Crippen MR) is 158 cm³/mol. The summed E-state index contributed by atoms with van der Waals surface area (Å²) in [6, 6.07) is 20.5. The highest BCUT2D eigenvalue weighted by atomic mass is 35.5. The second kappa shape index (κ2) is 14.2. The average molecular weight is 586 g/mol. The molecule has 1 N–H and O–H groups in total. The lowest BCUT2D eigenvalue weighted by Crippen LogP contribution is -2.53. The zero-order valence-electron chi connectivity index (χ0n) is 23.2. The third-order valence-corrected chi connectivity index (χ3v) is 8.64. The maximum absolute atomic E-state index is 14.1. The van der Waals surface area contributed by atoms with E-state index in [1.54, 1.807) is 67.8 Å². The van der Waals surface area contributed by atoms with Crippen molar-refractivity contribution in [3.63, 3.8) is 0 Å². The van der Waals surface area contributed by atoms with Crippen LogP contribution in [0, 0.1) is 0 Å². The van der Waals surface area contributed by atoms with Crippen molar-refractivity contribution in [3.8, 4) is 5.75 Å². The first-order chi connectivity index (χ1) is 19.1. The molecule has 3 aromatic rings. The average Bonchev–Trinajstić information content (AvgIpc) is 2.96. The Hall–Kier alpha value is -3.56. The van der Waals surface area contributed by atoms with Crippen molar-refractivity contribution in [2.24, 2.45) is 0 Å². The van der Waals surface area contributed by atoms with Crippen molar-refractivity contribution in [2.75, 3.05) is 18.0 Å². The number of benzene rings is 3. The third-order valence-electron chi connectivity index (χ3n) is 6.60. The highest BCUT2D eigenvalue weighted by Crippen LogP contribution is 2.26. The van der Waals surface area contributed by atoms with E-state index >= 15 is 0 Å². The number of carbonyl (C=O) groups excluding carboxylic acids is 2. The summed E-state index contributed by atoms with van der Waals surface area (Å²) in [6.45, 7) is 5.25. The number of carbonyl (C=O) groups is 2. The lowest BCUT2D eigenvalue weighted by Gasteiger charge is -2.33. The maximum Gasteiger partial charge on any atom is 0.264 e. The molecule has 0 heterocycles. The zero-order valence-corrected chi connectivity index (χ0v) is 24.8. The minimum atomic E-state index is -4.13. The van der Waals surface area contributed by atoms with Crippen molar-refractivity contribution in [2.45, 2.75) is 57.1 Å². The molecule has 0 aliphatic heterocycles. The highest BCUT2D eigenvalue weighted by Gasteiger charge is 2.34. The van der Waals surface area contributed by atoms with Gasteiger partial charge in [0.15, 0.2) is 0 Å². The topological polar surface area (TPSA) is 96.0 Å². The van der Waals surface area contributed by atoms with Gasteiger partial charge >= 0.3 is 0 Å². The second-order valence-corrected chi connectivity index (χ2v) is 11.7. The molecule has 2 amide bonds. The number of anilines is 1. The van der Waals surface area contributed by atoms with Gasteiger partial charge in [-0.05, 0) is 73.9 Å². The molecule has 0 aliphatic carbocycles. The van der Waals surface area contributed by atoms with E-state index in [0.717, 1.165) is 16.3 Å². The number of methoxy groups -OCH3 is 1. The molecule has 3 rings (SSSR count). The van der Waals surface area contributed by atoms with Crippen LogP contribution in [0.3, 0.4) is 0 Å². The summed E-state index contributed by atoms with van der Waals surface area (Å²) in [6.07, 6.45) is 1.07. The fraction of sp³-hybridized carbons (Fsp3) is 0.333. The number of ether oxygens (including phenoxy) is 1. The number of sulfonamides is 1. The number of nitrogens with zero attached hydrogens (tertiary/aromatic N) is 2. The Balaban J connectivity index is 2.05. The van der Waals surface area contributed by atoms with Crippen LogP contribution in [0.5, 0.6) is 5.75 Å². The Morgan fingerprint density at radius 3 is 2.23 bits per heavy atom. The molecular weight excluding hydrogens is 550 g/mol. The van der Waals surface area contributed by atoms with Crippen LogP contribution in [-0.4, -0.2) is 50.9 Å².